The van der Waals surface area contributed by atoms with Gasteiger partial charge in [0.2, 0.25) is 0 Å². The van der Waals surface area contributed by atoms with Crippen LogP contribution in [0.5, 0.6) is 0 Å². The van der Waals surface area contributed by atoms with E-state index in [1.54, 1.807) is 54.6 Å². The van der Waals surface area contributed by atoms with Crippen LogP contribution in [-0.2, 0) is 22.4 Å². The molecule has 0 aromatic carbocycles. The summed E-state index contributed by atoms with van der Waals surface area (Å²) in [6.45, 7) is 0. The van der Waals surface area contributed by atoms with Crippen LogP contribution in [0.4, 0.5) is 34.9 Å². The van der Waals surface area contributed by atoms with Crippen molar-refractivity contribution in [3.8, 4) is 0 Å². The molecule has 0 aliphatic carbocycles. The van der Waals surface area contributed by atoms with Crippen molar-refractivity contribution in [3.05, 3.63) is 69.9 Å². The van der Waals surface area contributed by atoms with Gasteiger partial charge in [-0.05, 0) is 36.4 Å². The number of rotatable bonds is 0. The van der Waals surface area contributed by atoms with Crippen molar-refractivity contribution in [2.75, 3.05) is 34.4 Å². The molecule has 0 amide bonds. The van der Waals surface area contributed by atoms with E-state index in [9.17, 15) is 0 Å². The Hall–Kier alpha value is -3.81. The van der Waals surface area contributed by atoms with E-state index >= 15 is 0 Å². The zero-order valence-electron chi connectivity index (χ0n) is 15.0. The summed E-state index contributed by atoms with van der Waals surface area (Å²) >= 11 is 0. The van der Waals surface area contributed by atoms with Crippen LogP contribution in [0.3, 0.4) is 0 Å². The Balaban J connectivity index is 0. The molecule has 0 radical (unpaired) electrons. The third kappa shape index (κ3) is 17.4. The van der Waals surface area contributed by atoms with E-state index in [1.165, 1.54) is 0 Å². The van der Waals surface area contributed by atoms with Crippen molar-refractivity contribution >= 4 is 34.9 Å². The van der Waals surface area contributed by atoms with Crippen molar-refractivity contribution < 1.29 is 27.5 Å². The largest absolute Gasteiger partial charge is 1.00 e. The maximum atomic E-state index is 8.25. The minimum atomic E-state index is -1.75. The van der Waals surface area contributed by atoms with Gasteiger partial charge in [0.1, 0.15) is 34.9 Å². The van der Waals surface area contributed by atoms with E-state index in [-0.39, 0.29) is 22.4 Å². The van der Waals surface area contributed by atoms with E-state index in [0.717, 1.165) is 0 Å². The maximum Gasteiger partial charge on any atom is 1.00 e. The summed E-state index contributed by atoms with van der Waals surface area (Å²) in [6, 6.07) is 15.4. The SMILES string of the molecule is Nc1cccc(N)n1.Nc1cccc(N)n1.Nc1cccc(N)n1.O=[N+]([O-])[O-].[Ag+]. The van der Waals surface area contributed by atoms with Crippen molar-refractivity contribution in [3.63, 3.8) is 0 Å². The predicted molar refractivity (Wildman–Crippen MR) is 110 cm³/mol. The molecule has 0 spiro atoms. The monoisotopic (exact) mass is 496 g/mol. The van der Waals surface area contributed by atoms with Crippen LogP contribution in [0.25, 0.3) is 0 Å². The molecule has 0 bridgehead atoms. The first-order chi connectivity index (χ1) is 13.1. The third-order valence-electron chi connectivity index (χ3n) is 2.38. The summed E-state index contributed by atoms with van der Waals surface area (Å²) in [7, 11) is 0. The minimum absolute atomic E-state index is 0. The van der Waals surface area contributed by atoms with E-state index < -0.39 is 5.09 Å². The van der Waals surface area contributed by atoms with Gasteiger partial charge in [0.05, 0.1) is 5.09 Å². The zero-order chi connectivity index (χ0) is 21.5. The second-order valence-corrected chi connectivity index (χ2v) is 4.69. The number of nitrogen functional groups attached to an aromatic ring is 6. The Morgan fingerprint density at radius 3 is 0.759 bits per heavy atom. The summed E-state index contributed by atoms with van der Waals surface area (Å²) in [4.78, 5) is 19.4. The second kappa shape index (κ2) is 15.3. The van der Waals surface area contributed by atoms with Crippen LogP contribution in [0.1, 0.15) is 0 Å². The molecule has 3 aromatic heterocycles. The average molecular weight is 497 g/mol. The van der Waals surface area contributed by atoms with Crippen LogP contribution >= 0.6 is 0 Å². The van der Waals surface area contributed by atoms with Gasteiger partial charge in [-0.15, -0.1) is 0 Å². The molecular weight excluding hydrogens is 476 g/mol. The number of nitrogens with two attached hydrogens (primary N) is 6. The van der Waals surface area contributed by atoms with Gasteiger partial charge >= 0.3 is 22.4 Å². The quantitative estimate of drug-likeness (QED) is 0.141. The molecule has 13 nitrogen and oxygen atoms in total. The first kappa shape index (κ1) is 27.4. The Labute approximate surface area is 181 Å². The van der Waals surface area contributed by atoms with Crippen molar-refractivity contribution in [1.82, 2.24) is 15.0 Å². The van der Waals surface area contributed by atoms with Gasteiger partial charge in [0.15, 0.2) is 0 Å². The number of anilines is 6. The van der Waals surface area contributed by atoms with Crippen molar-refractivity contribution in [2.45, 2.75) is 0 Å². The van der Waals surface area contributed by atoms with E-state index in [4.69, 9.17) is 49.7 Å². The van der Waals surface area contributed by atoms with Gasteiger partial charge in [0.25, 0.3) is 0 Å². The number of hydrogen-bond acceptors (Lipinski definition) is 12. The third-order valence-corrected chi connectivity index (χ3v) is 2.38. The summed E-state index contributed by atoms with van der Waals surface area (Å²) in [6.07, 6.45) is 0. The fourth-order valence-corrected chi connectivity index (χ4v) is 1.41. The number of nitrogens with zero attached hydrogens (tertiary/aromatic N) is 4. The molecule has 3 heterocycles. The first-order valence-corrected chi connectivity index (χ1v) is 7.35. The molecule has 0 aliphatic rings. The number of pyridine rings is 3. The summed E-state index contributed by atoms with van der Waals surface area (Å²) < 4.78 is 0. The maximum absolute atomic E-state index is 8.25. The van der Waals surface area contributed by atoms with Crippen LogP contribution in [0, 0.1) is 15.3 Å². The van der Waals surface area contributed by atoms with E-state index in [0.29, 0.717) is 34.9 Å². The van der Waals surface area contributed by atoms with E-state index in [1.807, 2.05) is 0 Å². The van der Waals surface area contributed by atoms with Gasteiger partial charge < -0.3 is 49.7 Å². The Bertz CT molecular complexity index is 710. The molecule has 0 saturated heterocycles. The molecular formula is C15H21AgN10O3. The van der Waals surface area contributed by atoms with Gasteiger partial charge in [0, 0.05) is 0 Å². The number of hydrogen-bond donors (Lipinski definition) is 6. The fraction of sp³-hybridized carbons (Fsp3) is 0. The molecule has 0 fully saturated rings. The molecule has 12 N–H and O–H groups in total. The number of aromatic nitrogens is 3. The van der Waals surface area contributed by atoms with Gasteiger partial charge in [-0.3, -0.25) is 0 Å². The first-order valence-electron chi connectivity index (χ1n) is 7.35. The standard InChI is InChI=1S/3C5H7N3.Ag.NO3/c3*6-4-2-1-3-5(7)8-4;;2-1(3)4/h3*1-3H,(H4,6,7,8);;/q;;;+1;-1. The predicted octanol–water partition coefficient (Wildman–Crippen LogP) is 0.496. The Morgan fingerprint density at radius 1 is 0.552 bits per heavy atom. The van der Waals surface area contributed by atoms with Crippen molar-refractivity contribution in [1.29, 1.82) is 0 Å². The molecule has 0 aliphatic heterocycles. The minimum Gasteiger partial charge on any atom is -0.384 e. The molecule has 0 saturated carbocycles. The molecule has 160 valence electrons. The van der Waals surface area contributed by atoms with Crippen LogP contribution < -0.4 is 34.4 Å². The molecule has 0 atom stereocenters. The smallest absolute Gasteiger partial charge is 0.384 e. The van der Waals surface area contributed by atoms with Crippen LogP contribution in [0.15, 0.2) is 54.6 Å². The molecule has 3 rings (SSSR count). The zero-order valence-corrected chi connectivity index (χ0v) is 16.5. The molecule has 0 unspecified atom stereocenters. The molecule has 29 heavy (non-hydrogen) atoms. The summed E-state index contributed by atoms with van der Waals surface area (Å²) in [5, 5.41) is 14.8. The normalized spacial score (nSPS) is 8.28. The van der Waals surface area contributed by atoms with Crippen LogP contribution in [-0.4, -0.2) is 20.0 Å². The van der Waals surface area contributed by atoms with Gasteiger partial charge in [-0.25, -0.2) is 15.0 Å². The molecule has 14 heteroatoms. The van der Waals surface area contributed by atoms with Crippen LogP contribution in [0.2, 0.25) is 0 Å². The summed E-state index contributed by atoms with van der Waals surface area (Å²) in [5.74, 6) is 2.78. The Morgan fingerprint density at radius 2 is 0.690 bits per heavy atom. The van der Waals surface area contributed by atoms with Gasteiger partial charge in [-0.1, -0.05) is 18.2 Å². The van der Waals surface area contributed by atoms with E-state index in [2.05, 4.69) is 15.0 Å². The average Bonchev–Trinajstić information content (AvgIpc) is 2.54. The Kier molecular flexibility index (Phi) is 14.4. The second-order valence-electron chi connectivity index (χ2n) is 4.69. The molecule has 3 aromatic rings. The van der Waals surface area contributed by atoms with Crippen molar-refractivity contribution in [2.24, 2.45) is 0 Å². The fourth-order valence-electron chi connectivity index (χ4n) is 1.41. The topological polar surface area (TPSA) is 261 Å². The summed E-state index contributed by atoms with van der Waals surface area (Å²) in [5.41, 5.74) is 31.6. The van der Waals surface area contributed by atoms with Gasteiger partial charge in [-0.2, -0.15) is 0 Å².